The minimum absolute atomic E-state index is 0.00714. The van der Waals surface area contributed by atoms with Crippen molar-refractivity contribution in [1.82, 2.24) is 4.90 Å². The van der Waals surface area contributed by atoms with Gasteiger partial charge in [0.15, 0.2) is 0 Å². The predicted octanol–water partition coefficient (Wildman–Crippen LogP) is 3.84. The zero-order valence-electron chi connectivity index (χ0n) is 11.2. The minimum atomic E-state index is -0.00714. The number of halogens is 2. The summed E-state index contributed by atoms with van der Waals surface area (Å²) < 4.78 is 0.274. The van der Waals surface area contributed by atoms with Gasteiger partial charge in [0.05, 0.1) is 5.92 Å². The van der Waals surface area contributed by atoms with Gasteiger partial charge >= 0.3 is 0 Å². The predicted molar refractivity (Wildman–Crippen MR) is 75.5 cm³/mol. The van der Waals surface area contributed by atoms with Crippen LogP contribution >= 0.6 is 23.2 Å². The van der Waals surface area contributed by atoms with E-state index in [1.54, 1.807) is 0 Å². The van der Waals surface area contributed by atoms with E-state index < -0.39 is 0 Å². The maximum absolute atomic E-state index is 12.5. The molecule has 1 saturated carbocycles. The van der Waals surface area contributed by atoms with E-state index in [9.17, 15) is 4.79 Å². The van der Waals surface area contributed by atoms with Crippen molar-refractivity contribution in [3.8, 4) is 0 Å². The zero-order valence-corrected chi connectivity index (χ0v) is 12.8. The van der Waals surface area contributed by atoms with Crippen molar-refractivity contribution >= 4 is 29.1 Å². The molecule has 0 spiro atoms. The fourth-order valence-corrected chi connectivity index (χ4v) is 3.45. The molecule has 3 atom stereocenters. The number of rotatable bonds is 2. The topological polar surface area (TPSA) is 20.3 Å². The number of nitrogens with zero attached hydrogens (tertiary/aromatic N) is 1. The van der Waals surface area contributed by atoms with Gasteiger partial charge in [0, 0.05) is 13.1 Å². The third kappa shape index (κ3) is 2.70. The van der Waals surface area contributed by atoms with Crippen LogP contribution in [0.25, 0.3) is 0 Å². The summed E-state index contributed by atoms with van der Waals surface area (Å²) in [6, 6.07) is 0. The second-order valence-electron chi connectivity index (χ2n) is 6.31. The first-order valence-electron chi connectivity index (χ1n) is 6.65. The Labute approximate surface area is 119 Å². The molecule has 18 heavy (non-hydrogen) atoms. The second kappa shape index (κ2) is 5.05. The molecule has 2 nitrogen and oxygen atoms in total. The van der Waals surface area contributed by atoms with Gasteiger partial charge in [-0.25, -0.2) is 0 Å². The summed E-state index contributed by atoms with van der Waals surface area (Å²) in [5.41, 5.74) is -0.00714. The first kappa shape index (κ1) is 14.2. The highest BCUT2D eigenvalue weighted by molar-refractivity contribution is 6.55. The number of hydrogen-bond acceptors (Lipinski definition) is 1. The Kier molecular flexibility index (Phi) is 3.99. The Morgan fingerprint density at radius 3 is 2.61 bits per heavy atom. The average Bonchev–Trinajstić information content (AvgIpc) is 2.78. The van der Waals surface area contributed by atoms with E-state index >= 15 is 0 Å². The summed E-state index contributed by atoms with van der Waals surface area (Å²) in [5, 5.41) is 0. The molecule has 1 aliphatic carbocycles. The van der Waals surface area contributed by atoms with Gasteiger partial charge in [0.2, 0.25) is 5.91 Å². The molecule has 102 valence electrons. The van der Waals surface area contributed by atoms with Crippen molar-refractivity contribution in [2.45, 2.75) is 33.6 Å². The van der Waals surface area contributed by atoms with Crippen molar-refractivity contribution in [2.24, 2.45) is 23.2 Å². The molecular formula is C14H21Cl2NO. The Hall–Kier alpha value is -0.210. The molecule has 2 aliphatic rings. The summed E-state index contributed by atoms with van der Waals surface area (Å²) in [6.07, 6.45) is 4.17. The molecule has 4 heteroatoms. The molecule has 0 radical (unpaired) electrons. The zero-order chi connectivity index (χ0) is 13.5. The highest BCUT2D eigenvalue weighted by Gasteiger charge is 2.61. The van der Waals surface area contributed by atoms with Gasteiger partial charge in [0.1, 0.15) is 4.49 Å². The first-order chi connectivity index (χ1) is 8.34. The van der Waals surface area contributed by atoms with E-state index in [2.05, 4.69) is 20.8 Å². The average molecular weight is 290 g/mol. The van der Waals surface area contributed by atoms with E-state index in [-0.39, 0.29) is 27.6 Å². The summed E-state index contributed by atoms with van der Waals surface area (Å²) in [7, 11) is 0. The first-order valence-corrected chi connectivity index (χ1v) is 7.41. The van der Waals surface area contributed by atoms with Crippen LogP contribution in [0.4, 0.5) is 0 Å². The normalized spacial score (nSPS) is 34.1. The third-order valence-corrected chi connectivity index (χ3v) is 4.70. The maximum atomic E-state index is 12.5. The fraction of sp³-hybridized carbons (Fsp3) is 0.786. The molecule has 1 amide bonds. The number of hydrogen-bond donors (Lipinski definition) is 0. The molecule has 0 bridgehead atoms. The van der Waals surface area contributed by atoms with Crippen molar-refractivity contribution in [2.75, 3.05) is 13.1 Å². The van der Waals surface area contributed by atoms with E-state index in [0.29, 0.717) is 5.92 Å². The molecule has 0 N–H and O–H groups in total. The number of likely N-dealkylation sites (tertiary alicyclic amines) is 1. The largest absolute Gasteiger partial charge is 0.342 e. The highest BCUT2D eigenvalue weighted by Crippen LogP contribution is 2.60. The van der Waals surface area contributed by atoms with Crippen LogP contribution in [-0.2, 0) is 4.79 Å². The lowest BCUT2D eigenvalue weighted by Gasteiger charge is -2.31. The molecule has 2 fully saturated rings. The molecule has 0 aromatic heterocycles. The third-order valence-electron chi connectivity index (χ3n) is 4.45. The molecule has 0 aromatic rings. The molecule has 0 unspecified atom stereocenters. The Morgan fingerprint density at radius 2 is 2.06 bits per heavy atom. The summed E-state index contributed by atoms with van der Waals surface area (Å²) in [6.45, 7) is 8.24. The lowest BCUT2D eigenvalue weighted by atomic mass is 9.99. The van der Waals surface area contributed by atoms with Crippen LogP contribution in [0, 0.1) is 23.2 Å². The SMILES string of the molecule is C[C@H]1CCCN(C(=O)[C@@H]2[C@@H](C=C(Cl)Cl)C2(C)C)C1. The summed E-state index contributed by atoms with van der Waals surface area (Å²) in [4.78, 5) is 14.5. The van der Waals surface area contributed by atoms with Gasteiger partial charge < -0.3 is 4.90 Å². The molecule has 0 aromatic carbocycles. The molecular weight excluding hydrogens is 269 g/mol. The summed E-state index contributed by atoms with van der Waals surface area (Å²) in [5.74, 6) is 1.14. The van der Waals surface area contributed by atoms with E-state index in [0.717, 1.165) is 19.5 Å². The van der Waals surface area contributed by atoms with Crippen molar-refractivity contribution in [3.63, 3.8) is 0 Å². The van der Waals surface area contributed by atoms with Crippen LogP contribution in [0.15, 0.2) is 10.6 Å². The molecule has 2 rings (SSSR count). The van der Waals surface area contributed by atoms with Gasteiger partial charge in [-0.1, -0.05) is 44.0 Å². The number of carbonyl (C=O) groups is 1. The lowest BCUT2D eigenvalue weighted by Crippen LogP contribution is -2.40. The number of carbonyl (C=O) groups excluding carboxylic acids is 1. The Bertz CT molecular complexity index is 374. The Morgan fingerprint density at radius 1 is 1.39 bits per heavy atom. The van der Waals surface area contributed by atoms with Crippen LogP contribution in [0.2, 0.25) is 0 Å². The van der Waals surface area contributed by atoms with E-state index in [1.807, 2.05) is 11.0 Å². The van der Waals surface area contributed by atoms with Gasteiger partial charge in [0.25, 0.3) is 0 Å². The second-order valence-corrected chi connectivity index (χ2v) is 7.32. The molecule has 1 saturated heterocycles. The fourth-order valence-electron chi connectivity index (χ4n) is 3.18. The number of piperidine rings is 1. The monoisotopic (exact) mass is 289 g/mol. The van der Waals surface area contributed by atoms with Crippen LogP contribution in [0.1, 0.15) is 33.6 Å². The lowest BCUT2D eigenvalue weighted by molar-refractivity contribution is -0.135. The van der Waals surface area contributed by atoms with Crippen LogP contribution < -0.4 is 0 Å². The van der Waals surface area contributed by atoms with Gasteiger partial charge in [-0.15, -0.1) is 0 Å². The van der Waals surface area contributed by atoms with Crippen LogP contribution in [0.3, 0.4) is 0 Å². The van der Waals surface area contributed by atoms with Crippen molar-refractivity contribution < 1.29 is 4.79 Å². The van der Waals surface area contributed by atoms with Gasteiger partial charge in [-0.2, -0.15) is 0 Å². The molecule has 1 aliphatic heterocycles. The van der Waals surface area contributed by atoms with Crippen LogP contribution in [0.5, 0.6) is 0 Å². The quantitative estimate of drug-likeness (QED) is 0.756. The number of amides is 1. The van der Waals surface area contributed by atoms with E-state index in [1.165, 1.54) is 6.42 Å². The standard InChI is InChI=1S/C14H21Cl2NO/c1-9-5-4-6-17(8-9)13(18)12-10(7-11(15)16)14(12,2)3/h7,9-10,12H,4-6,8H2,1-3H3/t9-,10+,12-/m0/s1. The highest BCUT2D eigenvalue weighted by atomic mass is 35.5. The van der Waals surface area contributed by atoms with Crippen molar-refractivity contribution in [3.05, 3.63) is 10.6 Å². The van der Waals surface area contributed by atoms with Crippen LogP contribution in [-0.4, -0.2) is 23.9 Å². The number of allylic oxidation sites excluding steroid dienone is 1. The Balaban J connectivity index is 2.04. The van der Waals surface area contributed by atoms with Gasteiger partial charge in [-0.05, 0) is 36.2 Å². The summed E-state index contributed by atoms with van der Waals surface area (Å²) >= 11 is 11.4. The van der Waals surface area contributed by atoms with Gasteiger partial charge in [-0.3, -0.25) is 4.79 Å². The maximum Gasteiger partial charge on any atom is 0.226 e. The molecule has 1 heterocycles. The minimum Gasteiger partial charge on any atom is -0.342 e. The van der Waals surface area contributed by atoms with Crippen molar-refractivity contribution in [1.29, 1.82) is 0 Å². The smallest absolute Gasteiger partial charge is 0.226 e. The van der Waals surface area contributed by atoms with E-state index in [4.69, 9.17) is 23.2 Å².